The fraction of sp³-hybridized carbons (Fsp3) is 0.611. The first kappa shape index (κ1) is 18.1. The summed E-state index contributed by atoms with van der Waals surface area (Å²) in [5, 5.41) is 8.63. The number of piperidine rings is 1. The van der Waals surface area contributed by atoms with E-state index >= 15 is 0 Å². The molecule has 0 spiro atoms. The number of aliphatic carboxylic acids is 1. The van der Waals surface area contributed by atoms with Gasteiger partial charge in [0.2, 0.25) is 0 Å². The van der Waals surface area contributed by atoms with Crippen molar-refractivity contribution >= 4 is 16.8 Å². The van der Waals surface area contributed by atoms with Gasteiger partial charge in [-0.1, -0.05) is 36.2 Å². The molecule has 1 aromatic rings. The number of rotatable bonds is 8. The molecule has 1 fully saturated rings. The van der Waals surface area contributed by atoms with E-state index in [2.05, 4.69) is 4.90 Å². The molecule has 1 saturated heterocycles. The van der Waals surface area contributed by atoms with Crippen molar-refractivity contribution in [3.05, 3.63) is 35.4 Å². The molecule has 1 aliphatic rings. The van der Waals surface area contributed by atoms with Crippen LogP contribution in [-0.2, 0) is 22.0 Å². The monoisotopic (exact) mass is 337 g/mol. The van der Waals surface area contributed by atoms with Crippen LogP contribution in [0.15, 0.2) is 24.3 Å². The van der Waals surface area contributed by atoms with Crippen molar-refractivity contribution in [2.45, 2.75) is 44.3 Å². The Kier molecular flexibility index (Phi) is 7.24. The van der Waals surface area contributed by atoms with E-state index in [0.717, 1.165) is 25.2 Å². The van der Waals surface area contributed by atoms with Gasteiger partial charge in [-0.15, -0.1) is 0 Å². The third kappa shape index (κ3) is 6.07. The molecule has 23 heavy (non-hydrogen) atoms. The molecule has 1 aromatic carbocycles. The maximum Gasteiger partial charge on any atom is 0.319 e. The molecule has 2 atom stereocenters. The van der Waals surface area contributed by atoms with Crippen LogP contribution in [0.3, 0.4) is 0 Å². The van der Waals surface area contributed by atoms with E-state index in [9.17, 15) is 14.1 Å². The quantitative estimate of drug-likeness (QED) is 0.792. The summed E-state index contributed by atoms with van der Waals surface area (Å²) in [5.41, 5.74) is 2.29. The fourth-order valence-corrected chi connectivity index (χ4v) is 4.29. The molecular formula is C18H27NO3S. The van der Waals surface area contributed by atoms with Crippen LogP contribution in [-0.4, -0.2) is 50.8 Å². The second-order valence-electron chi connectivity index (χ2n) is 6.34. The number of carboxylic acid groups (broad SMARTS) is 1. The summed E-state index contributed by atoms with van der Waals surface area (Å²) >= 11 is 0. The van der Waals surface area contributed by atoms with Crippen LogP contribution in [0.5, 0.6) is 0 Å². The standard InChI is InChI=1S/C18H27NO3S/c1-15-5-7-16(8-6-15)9-10-17(18(20)21)23(22)14-13-19-11-3-2-4-12-19/h5-8,17H,2-4,9-14H2,1H3,(H,20,21). The summed E-state index contributed by atoms with van der Waals surface area (Å²) < 4.78 is 12.4. The van der Waals surface area contributed by atoms with E-state index in [4.69, 9.17) is 0 Å². The van der Waals surface area contributed by atoms with Crippen molar-refractivity contribution in [2.24, 2.45) is 0 Å². The van der Waals surface area contributed by atoms with Crippen LogP contribution < -0.4 is 0 Å². The first-order valence-electron chi connectivity index (χ1n) is 8.44. The number of carbonyl (C=O) groups is 1. The maximum atomic E-state index is 12.4. The SMILES string of the molecule is Cc1ccc(CCC(C(=O)O)S(=O)CCN2CCCCC2)cc1. The summed E-state index contributed by atoms with van der Waals surface area (Å²) in [6, 6.07) is 8.09. The van der Waals surface area contributed by atoms with E-state index in [1.807, 2.05) is 31.2 Å². The smallest absolute Gasteiger partial charge is 0.319 e. The van der Waals surface area contributed by atoms with Crippen molar-refractivity contribution < 1.29 is 14.1 Å². The van der Waals surface area contributed by atoms with Gasteiger partial charge in [0.1, 0.15) is 5.25 Å². The summed E-state index contributed by atoms with van der Waals surface area (Å²) in [6.45, 7) is 4.89. The maximum absolute atomic E-state index is 12.4. The number of hydrogen-bond acceptors (Lipinski definition) is 3. The van der Waals surface area contributed by atoms with Crippen molar-refractivity contribution in [2.75, 3.05) is 25.4 Å². The van der Waals surface area contributed by atoms with Gasteiger partial charge in [0.25, 0.3) is 0 Å². The predicted molar refractivity (Wildman–Crippen MR) is 94.2 cm³/mol. The number of hydrogen-bond donors (Lipinski definition) is 1. The van der Waals surface area contributed by atoms with Crippen LogP contribution in [0.1, 0.15) is 36.8 Å². The molecule has 1 aliphatic heterocycles. The fourth-order valence-electron chi connectivity index (χ4n) is 2.96. The lowest BCUT2D eigenvalue weighted by atomic mass is 10.1. The summed E-state index contributed by atoms with van der Waals surface area (Å²) in [6.07, 6.45) is 4.76. The van der Waals surface area contributed by atoms with E-state index in [1.54, 1.807) is 0 Å². The highest BCUT2D eigenvalue weighted by Crippen LogP contribution is 2.13. The van der Waals surface area contributed by atoms with Crippen LogP contribution in [0, 0.1) is 6.92 Å². The van der Waals surface area contributed by atoms with Gasteiger partial charge in [0, 0.05) is 23.1 Å². The van der Waals surface area contributed by atoms with Crippen molar-refractivity contribution in [1.29, 1.82) is 0 Å². The Morgan fingerprint density at radius 2 is 1.87 bits per heavy atom. The Morgan fingerprint density at radius 1 is 1.22 bits per heavy atom. The van der Waals surface area contributed by atoms with Crippen LogP contribution in [0.4, 0.5) is 0 Å². The lowest BCUT2D eigenvalue weighted by Crippen LogP contribution is -2.36. The summed E-state index contributed by atoms with van der Waals surface area (Å²) in [4.78, 5) is 13.8. The Bertz CT molecular complexity index is 524. The van der Waals surface area contributed by atoms with Gasteiger partial charge in [-0.2, -0.15) is 0 Å². The molecule has 0 aromatic heterocycles. The van der Waals surface area contributed by atoms with Gasteiger partial charge in [-0.3, -0.25) is 9.00 Å². The van der Waals surface area contributed by atoms with Gasteiger partial charge in [-0.05, 0) is 51.3 Å². The molecule has 0 radical (unpaired) electrons. The number of carboxylic acids is 1. The molecule has 0 aliphatic carbocycles. The van der Waals surface area contributed by atoms with Gasteiger partial charge < -0.3 is 10.0 Å². The highest BCUT2D eigenvalue weighted by Gasteiger charge is 2.25. The number of nitrogens with zero attached hydrogens (tertiary/aromatic N) is 1. The van der Waals surface area contributed by atoms with E-state index < -0.39 is 22.0 Å². The van der Waals surface area contributed by atoms with E-state index in [0.29, 0.717) is 18.6 Å². The second kappa shape index (κ2) is 9.18. The minimum atomic E-state index is -1.31. The highest BCUT2D eigenvalue weighted by atomic mass is 32.2. The Labute approximate surface area is 141 Å². The molecule has 128 valence electrons. The van der Waals surface area contributed by atoms with Crippen LogP contribution >= 0.6 is 0 Å². The van der Waals surface area contributed by atoms with Crippen molar-refractivity contribution in [1.82, 2.24) is 4.90 Å². The zero-order chi connectivity index (χ0) is 16.7. The normalized spacial score (nSPS) is 18.5. The van der Waals surface area contributed by atoms with Gasteiger partial charge in [0.15, 0.2) is 0 Å². The van der Waals surface area contributed by atoms with Gasteiger partial charge in [-0.25, -0.2) is 0 Å². The largest absolute Gasteiger partial charge is 0.480 e. The third-order valence-corrected chi connectivity index (χ3v) is 6.12. The molecule has 0 bridgehead atoms. The second-order valence-corrected chi connectivity index (χ2v) is 8.08. The summed E-state index contributed by atoms with van der Waals surface area (Å²) in [5.74, 6) is -0.473. The molecule has 2 rings (SSSR count). The predicted octanol–water partition coefficient (Wildman–Crippen LogP) is 2.62. The highest BCUT2D eigenvalue weighted by molar-refractivity contribution is 7.86. The number of aryl methyl sites for hydroxylation is 2. The van der Waals surface area contributed by atoms with Gasteiger partial charge >= 0.3 is 5.97 Å². The Hall–Kier alpha value is -1.20. The summed E-state index contributed by atoms with van der Waals surface area (Å²) in [7, 11) is -1.31. The molecule has 0 amide bonds. The average molecular weight is 337 g/mol. The molecule has 0 saturated carbocycles. The van der Waals surface area contributed by atoms with Crippen LogP contribution in [0.2, 0.25) is 0 Å². The van der Waals surface area contributed by atoms with Crippen molar-refractivity contribution in [3.63, 3.8) is 0 Å². The Balaban J connectivity index is 1.82. The van der Waals surface area contributed by atoms with Crippen molar-refractivity contribution in [3.8, 4) is 0 Å². The first-order chi connectivity index (χ1) is 11.1. The molecule has 2 unspecified atom stereocenters. The number of likely N-dealkylation sites (tertiary alicyclic amines) is 1. The minimum absolute atomic E-state index is 0.436. The molecule has 5 heteroatoms. The topological polar surface area (TPSA) is 57.6 Å². The molecule has 1 heterocycles. The van der Waals surface area contributed by atoms with Crippen LogP contribution in [0.25, 0.3) is 0 Å². The number of benzene rings is 1. The molecule has 1 N–H and O–H groups in total. The third-order valence-electron chi connectivity index (χ3n) is 4.47. The lowest BCUT2D eigenvalue weighted by molar-refractivity contribution is -0.136. The molecule has 4 nitrogen and oxygen atoms in total. The Morgan fingerprint density at radius 3 is 2.48 bits per heavy atom. The lowest BCUT2D eigenvalue weighted by Gasteiger charge is -2.26. The zero-order valence-corrected chi connectivity index (χ0v) is 14.7. The first-order valence-corrected chi connectivity index (χ1v) is 9.82. The molecular weight excluding hydrogens is 310 g/mol. The average Bonchev–Trinajstić information content (AvgIpc) is 2.55. The zero-order valence-electron chi connectivity index (χ0n) is 13.9. The van der Waals surface area contributed by atoms with E-state index in [-0.39, 0.29) is 0 Å². The van der Waals surface area contributed by atoms with E-state index in [1.165, 1.54) is 24.8 Å². The van der Waals surface area contributed by atoms with Gasteiger partial charge in [0.05, 0.1) is 0 Å². The minimum Gasteiger partial charge on any atom is -0.480 e.